The Morgan fingerprint density at radius 1 is 1.33 bits per heavy atom. The third-order valence-electron chi connectivity index (χ3n) is 6.18. The van der Waals surface area contributed by atoms with Crippen LogP contribution in [-0.2, 0) is 14.3 Å². The Balaban J connectivity index is 1.42. The van der Waals surface area contributed by atoms with Crippen LogP contribution in [0.2, 0.25) is 0 Å². The summed E-state index contributed by atoms with van der Waals surface area (Å²) >= 11 is 0. The van der Waals surface area contributed by atoms with Gasteiger partial charge in [-0.3, -0.25) is 9.59 Å². The number of carbonyl (C=O) groups excluding carboxylic acids is 3. The van der Waals surface area contributed by atoms with Crippen LogP contribution in [0.3, 0.4) is 0 Å². The van der Waals surface area contributed by atoms with Gasteiger partial charge in [0.15, 0.2) is 17.1 Å². The van der Waals surface area contributed by atoms with Gasteiger partial charge >= 0.3 is 5.97 Å². The van der Waals surface area contributed by atoms with E-state index in [0.717, 1.165) is 5.56 Å². The summed E-state index contributed by atoms with van der Waals surface area (Å²) in [5.74, 6) is -1.05. The van der Waals surface area contributed by atoms with E-state index in [9.17, 15) is 14.4 Å². The molecule has 0 unspecified atom stereocenters. The van der Waals surface area contributed by atoms with E-state index >= 15 is 0 Å². The lowest BCUT2D eigenvalue weighted by Crippen LogP contribution is -2.49. The van der Waals surface area contributed by atoms with Crippen molar-refractivity contribution in [3.05, 3.63) is 53.6 Å². The number of aromatic nitrogens is 2. The standard InChI is InChI=1S/C21H22N4O5/c1-2-29-20(28)18-17(22-12-23-18)19(27)24-9-8-21-15(24)10-16(26)25(21)11-14(30-21)13-6-4-3-5-7-13/h3-7,12,14-15H,2,8-11H2,1H3,(H,22,23)/t14-,15-,21+/m1/s1. The highest BCUT2D eigenvalue weighted by atomic mass is 16.5. The number of benzene rings is 1. The van der Waals surface area contributed by atoms with Crippen molar-refractivity contribution in [1.29, 1.82) is 0 Å². The smallest absolute Gasteiger partial charge is 0.357 e. The summed E-state index contributed by atoms with van der Waals surface area (Å²) in [4.78, 5) is 48.3. The largest absolute Gasteiger partial charge is 0.461 e. The molecule has 156 valence electrons. The molecule has 3 aliphatic heterocycles. The molecular formula is C21H22N4O5. The zero-order valence-corrected chi connectivity index (χ0v) is 16.5. The molecule has 0 bridgehead atoms. The Kier molecular flexibility index (Phi) is 4.35. The van der Waals surface area contributed by atoms with Crippen molar-refractivity contribution in [2.24, 2.45) is 0 Å². The van der Waals surface area contributed by atoms with Gasteiger partial charge in [-0.1, -0.05) is 30.3 Å². The van der Waals surface area contributed by atoms with Gasteiger partial charge in [-0.25, -0.2) is 9.78 Å². The summed E-state index contributed by atoms with van der Waals surface area (Å²) in [6, 6.07) is 9.37. The van der Waals surface area contributed by atoms with E-state index in [4.69, 9.17) is 9.47 Å². The maximum absolute atomic E-state index is 13.3. The molecule has 1 aromatic carbocycles. The Morgan fingerprint density at radius 2 is 2.13 bits per heavy atom. The third-order valence-corrected chi connectivity index (χ3v) is 6.18. The molecule has 5 rings (SSSR count). The normalized spacial score (nSPS) is 27.3. The first-order valence-corrected chi connectivity index (χ1v) is 10.1. The minimum absolute atomic E-state index is 0.00834. The second-order valence-corrected chi connectivity index (χ2v) is 7.68. The Bertz CT molecular complexity index is 1010. The van der Waals surface area contributed by atoms with Crippen molar-refractivity contribution in [3.8, 4) is 0 Å². The first-order chi connectivity index (χ1) is 14.5. The van der Waals surface area contributed by atoms with Gasteiger partial charge in [0.1, 0.15) is 6.10 Å². The molecule has 4 heterocycles. The number of imidazole rings is 1. The maximum Gasteiger partial charge on any atom is 0.357 e. The minimum Gasteiger partial charge on any atom is -0.461 e. The number of esters is 1. The molecule has 3 atom stereocenters. The van der Waals surface area contributed by atoms with Crippen LogP contribution in [-0.4, -0.2) is 69.0 Å². The SMILES string of the molecule is CCOC(=O)c1[nH]cnc1C(=O)N1CC[C@@]23O[C@@H](c4ccccc4)CN2C(=O)C[C@@H]13. The van der Waals surface area contributed by atoms with Crippen molar-refractivity contribution in [2.45, 2.75) is 37.6 Å². The Labute approximate surface area is 173 Å². The minimum atomic E-state index is -0.826. The predicted octanol–water partition coefficient (Wildman–Crippen LogP) is 1.50. The van der Waals surface area contributed by atoms with E-state index in [1.54, 1.807) is 16.7 Å². The number of hydrogen-bond donors (Lipinski definition) is 1. The molecule has 0 radical (unpaired) electrons. The predicted molar refractivity (Wildman–Crippen MR) is 103 cm³/mol. The molecule has 2 amide bonds. The third kappa shape index (κ3) is 2.65. The van der Waals surface area contributed by atoms with Gasteiger partial charge in [-0.05, 0) is 12.5 Å². The van der Waals surface area contributed by atoms with E-state index in [-0.39, 0.29) is 36.4 Å². The number of nitrogens with one attached hydrogen (secondary N) is 1. The molecule has 9 nitrogen and oxygen atoms in total. The fourth-order valence-corrected chi connectivity index (χ4v) is 4.86. The number of hydrogen-bond acceptors (Lipinski definition) is 6. The van der Waals surface area contributed by atoms with Crippen LogP contribution in [0.1, 0.15) is 52.4 Å². The summed E-state index contributed by atoms with van der Waals surface area (Å²) in [6.07, 6.45) is 1.80. The lowest BCUT2D eigenvalue weighted by atomic mass is 10.1. The number of amides is 2. The highest BCUT2D eigenvalue weighted by Gasteiger charge is 2.65. The van der Waals surface area contributed by atoms with Gasteiger partial charge < -0.3 is 24.3 Å². The van der Waals surface area contributed by atoms with Crippen LogP contribution < -0.4 is 0 Å². The topological polar surface area (TPSA) is 105 Å². The monoisotopic (exact) mass is 410 g/mol. The summed E-state index contributed by atoms with van der Waals surface area (Å²) in [5, 5.41) is 0. The highest BCUT2D eigenvalue weighted by molar-refractivity contribution is 6.03. The van der Waals surface area contributed by atoms with E-state index < -0.39 is 23.6 Å². The molecule has 3 aliphatic rings. The van der Waals surface area contributed by atoms with Crippen LogP contribution in [0.4, 0.5) is 0 Å². The molecule has 0 aliphatic carbocycles. The highest BCUT2D eigenvalue weighted by Crippen LogP contribution is 2.50. The molecule has 1 N–H and O–H groups in total. The van der Waals surface area contributed by atoms with E-state index in [1.165, 1.54) is 6.33 Å². The summed E-state index contributed by atoms with van der Waals surface area (Å²) < 4.78 is 11.5. The zero-order valence-electron chi connectivity index (χ0n) is 16.5. The van der Waals surface area contributed by atoms with Crippen molar-refractivity contribution in [2.75, 3.05) is 19.7 Å². The quantitative estimate of drug-likeness (QED) is 0.766. The Morgan fingerprint density at radius 3 is 2.90 bits per heavy atom. The van der Waals surface area contributed by atoms with Crippen molar-refractivity contribution < 1.29 is 23.9 Å². The number of aromatic amines is 1. The molecule has 3 fully saturated rings. The molecule has 1 spiro atoms. The second kappa shape index (κ2) is 6.94. The van der Waals surface area contributed by atoms with E-state index in [1.807, 2.05) is 30.3 Å². The average Bonchev–Trinajstić information content (AvgIpc) is 3.50. The fraction of sp³-hybridized carbons (Fsp3) is 0.429. The molecule has 2 aromatic rings. The number of ether oxygens (including phenoxy) is 2. The van der Waals surface area contributed by atoms with Gasteiger partial charge in [-0.15, -0.1) is 0 Å². The van der Waals surface area contributed by atoms with Gasteiger partial charge in [-0.2, -0.15) is 0 Å². The summed E-state index contributed by atoms with van der Waals surface area (Å²) in [7, 11) is 0. The molecule has 30 heavy (non-hydrogen) atoms. The number of rotatable bonds is 4. The summed E-state index contributed by atoms with van der Waals surface area (Å²) in [5.41, 5.74) is 0.218. The molecule has 1 aromatic heterocycles. The maximum atomic E-state index is 13.3. The van der Waals surface area contributed by atoms with Crippen molar-refractivity contribution >= 4 is 17.8 Å². The van der Waals surface area contributed by atoms with Gasteiger partial charge in [0.2, 0.25) is 5.91 Å². The van der Waals surface area contributed by atoms with E-state index in [2.05, 4.69) is 9.97 Å². The molecular weight excluding hydrogens is 388 g/mol. The summed E-state index contributed by atoms with van der Waals surface area (Å²) in [6.45, 7) is 2.78. The lowest BCUT2D eigenvalue weighted by molar-refractivity contribution is -0.138. The van der Waals surface area contributed by atoms with E-state index in [0.29, 0.717) is 19.5 Å². The van der Waals surface area contributed by atoms with Crippen molar-refractivity contribution in [3.63, 3.8) is 0 Å². The number of likely N-dealkylation sites (tertiary alicyclic amines) is 1. The molecule has 9 heteroatoms. The zero-order chi connectivity index (χ0) is 20.9. The van der Waals surface area contributed by atoms with Gasteiger partial charge in [0, 0.05) is 13.0 Å². The average molecular weight is 410 g/mol. The fourth-order valence-electron chi connectivity index (χ4n) is 4.86. The molecule has 0 saturated carbocycles. The van der Waals surface area contributed by atoms with Crippen LogP contribution in [0.15, 0.2) is 36.7 Å². The van der Waals surface area contributed by atoms with Gasteiger partial charge in [0.25, 0.3) is 5.91 Å². The van der Waals surface area contributed by atoms with Crippen LogP contribution >= 0.6 is 0 Å². The first-order valence-electron chi connectivity index (χ1n) is 10.1. The van der Waals surface area contributed by atoms with Crippen LogP contribution in [0.25, 0.3) is 0 Å². The first kappa shape index (κ1) is 18.8. The van der Waals surface area contributed by atoms with Gasteiger partial charge in [0.05, 0.1) is 31.9 Å². The Hall–Kier alpha value is -3.20. The molecule has 3 saturated heterocycles. The number of nitrogens with zero attached hydrogens (tertiary/aromatic N) is 3. The van der Waals surface area contributed by atoms with Crippen LogP contribution in [0.5, 0.6) is 0 Å². The second-order valence-electron chi connectivity index (χ2n) is 7.68. The number of carbonyl (C=O) groups is 3. The van der Waals surface area contributed by atoms with Crippen LogP contribution in [0, 0.1) is 0 Å². The van der Waals surface area contributed by atoms with Crippen molar-refractivity contribution in [1.82, 2.24) is 19.8 Å². The lowest BCUT2D eigenvalue weighted by Gasteiger charge is -2.31. The number of H-pyrrole nitrogens is 1.